The normalized spacial score (nSPS) is 19.9. The van der Waals surface area contributed by atoms with E-state index in [1.54, 1.807) is 19.1 Å². The summed E-state index contributed by atoms with van der Waals surface area (Å²) in [4.78, 5) is 13.6. The second kappa shape index (κ2) is 5.59. The van der Waals surface area contributed by atoms with Crippen molar-refractivity contribution in [1.82, 2.24) is 4.90 Å². The molecule has 0 amide bonds. The maximum atomic E-state index is 14.1. The van der Waals surface area contributed by atoms with Crippen molar-refractivity contribution in [3.63, 3.8) is 0 Å². The third kappa shape index (κ3) is 2.67. The van der Waals surface area contributed by atoms with E-state index in [1.807, 2.05) is 4.90 Å². The fourth-order valence-electron chi connectivity index (χ4n) is 2.63. The minimum atomic E-state index is -1.31. The van der Waals surface area contributed by atoms with Crippen LogP contribution in [0.4, 0.5) is 4.39 Å². The van der Waals surface area contributed by atoms with E-state index in [1.165, 1.54) is 6.07 Å². The van der Waals surface area contributed by atoms with Gasteiger partial charge in [-0.15, -0.1) is 0 Å². The summed E-state index contributed by atoms with van der Waals surface area (Å²) in [7, 11) is 0. The summed E-state index contributed by atoms with van der Waals surface area (Å²) in [6.45, 7) is 2.97. The van der Waals surface area contributed by atoms with Gasteiger partial charge in [-0.3, -0.25) is 4.90 Å². The number of hydrogen-bond acceptors (Lipinski definition) is 2. The zero-order chi connectivity index (χ0) is 14.0. The Labute approximate surface area is 120 Å². The molecule has 1 aromatic carbocycles. The minimum absolute atomic E-state index is 0.219. The van der Waals surface area contributed by atoms with E-state index < -0.39 is 17.3 Å². The summed E-state index contributed by atoms with van der Waals surface area (Å²) in [6, 6.07) is 4.46. The summed E-state index contributed by atoms with van der Waals surface area (Å²) >= 11 is 3.28. The first-order valence-corrected chi connectivity index (χ1v) is 7.19. The highest BCUT2D eigenvalue weighted by atomic mass is 79.9. The number of carboxylic acid groups (broad SMARTS) is 1. The predicted molar refractivity (Wildman–Crippen MR) is 74.5 cm³/mol. The molecule has 1 N–H and O–H groups in total. The number of carboxylic acids is 1. The lowest BCUT2D eigenvalue weighted by molar-refractivity contribution is -0.152. The van der Waals surface area contributed by atoms with Crippen LogP contribution in [0.2, 0.25) is 0 Å². The first-order chi connectivity index (χ1) is 8.96. The highest BCUT2D eigenvalue weighted by molar-refractivity contribution is 9.10. The number of nitrogens with zero attached hydrogens (tertiary/aromatic N) is 1. The molecule has 0 radical (unpaired) electrons. The zero-order valence-corrected chi connectivity index (χ0v) is 12.4. The van der Waals surface area contributed by atoms with Crippen LogP contribution in [0.5, 0.6) is 0 Å². The van der Waals surface area contributed by atoms with Crippen LogP contribution in [0.1, 0.15) is 31.7 Å². The molecule has 1 aliphatic heterocycles. The van der Waals surface area contributed by atoms with E-state index in [-0.39, 0.29) is 5.56 Å². The number of benzene rings is 1. The van der Waals surface area contributed by atoms with Crippen LogP contribution in [-0.4, -0.2) is 29.1 Å². The van der Waals surface area contributed by atoms with Gasteiger partial charge in [0, 0.05) is 10.0 Å². The quantitative estimate of drug-likeness (QED) is 0.924. The van der Waals surface area contributed by atoms with Gasteiger partial charge in [-0.25, -0.2) is 9.18 Å². The van der Waals surface area contributed by atoms with Gasteiger partial charge in [-0.05, 0) is 51.1 Å². The second-order valence-corrected chi connectivity index (χ2v) is 5.96. The van der Waals surface area contributed by atoms with E-state index in [2.05, 4.69) is 15.9 Å². The Balaban J connectivity index is 2.48. The van der Waals surface area contributed by atoms with Crippen molar-refractivity contribution in [1.29, 1.82) is 0 Å². The summed E-state index contributed by atoms with van der Waals surface area (Å²) < 4.78 is 14.8. The highest BCUT2D eigenvalue weighted by Gasteiger charge is 2.43. The Morgan fingerprint density at radius 1 is 1.37 bits per heavy atom. The molecule has 1 saturated heterocycles. The molecule has 1 atom stereocenters. The molecule has 19 heavy (non-hydrogen) atoms. The van der Waals surface area contributed by atoms with Crippen molar-refractivity contribution in [2.45, 2.75) is 31.7 Å². The lowest BCUT2D eigenvalue weighted by Crippen LogP contribution is -2.52. The van der Waals surface area contributed by atoms with Crippen molar-refractivity contribution in [2.75, 3.05) is 13.1 Å². The van der Waals surface area contributed by atoms with Crippen LogP contribution in [-0.2, 0) is 10.3 Å². The molecule has 1 fully saturated rings. The van der Waals surface area contributed by atoms with Crippen molar-refractivity contribution in [3.05, 3.63) is 34.1 Å². The first-order valence-electron chi connectivity index (χ1n) is 6.40. The number of piperidine rings is 1. The molecule has 104 valence electrons. The molecule has 0 aromatic heterocycles. The van der Waals surface area contributed by atoms with Crippen LogP contribution >= 0.6 is 15.9 Å². The SMILES string of the molecule is CC(C(=O)O)(c1cc(Br)ccc1F)N1CCCCC1. The summed E-state index contributed by atoms with van der Waals surface area (Å²) in [5.74, 6) is -1.48. The average molecular weight is 330 g/mol. The van der Waals surface area contributed by atoms with Gasteiger partial charge in [0.15, 0.2) is 0 Å². The molecular weight excluding hydrogens is 313 g/mol. The summed E-state index contributed by atoms with van der Waals surface area (Å²) in [5, 5.41) is 9.63. The topological polar surface area (TPSA) is 40.5 Å². The molecule has 0 bridgehead atoms. The van der Waals surface area contributed by atoms with Crippen LogP contribution in [0, 0.1) is 5.82 Å². The molecule has 2 rings (SSSR count). The maximum Gasteiger partial charge on any atom is 0.328 e. The van der Waals surface area contributed by atoms with Gasteiger partial charge in [0.1, 0.15) is 11.4 Å². The van der Waals surface area contributed by atoms with Gasteiger partial charge in [-0.1, -0.05) is 22.4 Å². The van der Waals surface area contributed by atoms with E-state index in [0.29, 0.717) is 17.6 Å². The van der Waals surface area contributed by atoms with Crippen molar-refractivity contribution in [3.8, 4) is 0 Å². The molecule has 0 spiro atoms. The number of likely N-dealkylation sites (tertiary alicyclic amines) is 1. The van der Waals surface area contributed by atoms with Crippen molar-refractivity contribution < 1.29 is 14.3 Å². The lowest BCUT2D eigenvalue weighted by atomic mass is 9.88. The number of halogens is 2. The molecule has 1 heterocycles. The van der Waals surface area contributed by atoms with E-state index >= 15 is 0 Å². The average Bonchev–Trinajstić information content (AvgIpc) is 2.41. The third-order valence-electron chi connectivity index (χ3n) is 3.86. The van der Waals surface area contributed by atoms with Gasteiger partial charge in [0.2, 0.25) is 0 Å². The Hall–Kier alpha value is -0.940. The van der Waals surface area contributed by atoms with Gasteiger partial charge in [-0.2, -0.15) is 0 Å². The fourth-order valence-corrected chi connectivity index (χ4v) is 2.99. The summed E-state index contributed by atoms with van der Waals surface area (Å²) in [6.07, 6.45) is 3.02. The number of rotatable bonds is 3. The number of carbonyl (C=O) groups is 1. The molecule has 0 aliphatic carbocycles. The Morgan fingerprint density at radius 3 is 2.58 bits per heavy atom. The van der Waals surface area contributed by atoms with E-state index in [9.17, 15) is 14.3 Å². The molecule has 1 aliphatic rings. The first kappa shape index (κ1) is 14.5. The van der Waals surface area contributed by atoms with Gasteiger partial charge in [0.25, 0.3) is 0 Å². The zero-order valence-electron chi connectivity index (χ0n) is 10.8. The molecule has 0 saturated carbocycles. The standard InChI is InChI=1S/C14H17BrFNO2/c1-14(13(18)19,17-7-3-2-4-8-17)11-9-10(15)5-6-12(11)16/h5-6,9H,2-4,7-8H2,1H3,(H,18,19). The molecule has 5 heteroatoms. The number of aliphatic carboxylic acids is 1. The van der Waals surface area contributed by atoms with Crippen LogP contribution in [0.3, 0.4) is 0 Å². The van der Waals surface area contributed by atoms with E-state index in [0.717, 1.165) is 19.3 Å². The van der Waals surface area contributed by atoms with Gasteiger partial charge in [0.05, 0.1) is 0 Å². The minimum Gasteiger partial charge on any atom is -0.480 e. The Kier molecular flexibility index (Phi) is 4.26. The second-order valence-electron chi connectivity index (χ2n) is 5.05. The summed E-state index contributed by atoms with van der Waals surface area (Å²) in [5.41, 5.74) is -1.09. The van der Waals surface area contributed by atoms with Crippen LogP contribution < -0.4 is 0 Å². The number of hydrogen-bond donors (Lipinski definition) is 1. The third-order valence-corrected chi connectivity index (χ3v) is 4.35. The lowest BCUT2D eigenvalue weighted by Gasteiger charge is -2.40. The van der Waals surface area contributed by atoms with Crippen molar-refractivity contribution in [2.24, 2.45) is 0 Å². The fraction of sp³-hybridized carbons (Fsp3) is 0.500. The Bertz CT molecular complexity index is 488. The van der Waals surface area contributed by atoms with Crippen LogP contribution in [0.15, 0.2) is 22.7 Å². The largest absolute Gasteiger partial charge is 0.480 e. The molecule has 1 aromatic rings. The van der Waals surface area contributed by atoms with E-state index in [4.69, 9.17) is 0 Å². The van der Waals surface area contributed by atoms with Crippen molar-refractivity contribution >= 4 is 21.9 Å². The smallest absolute Gasteiger partial charge is 0.328 e. The molecular formula is C14H17BrFNO2. The predicted octanol–water partition coefficient (Wildman–Crippen LogP) is 3.37. The van der Waals surface area contributed by atoms with Gasteiger partial charge < -0.3 is 5.11 Å². The molecule has 1 unspecified atom stereocenters. The van der Waals surface area contributed by atoms with Gasteiger partial charge >= 0.3 is 5.97 Å². The maximum absolute atomic E-state index is 14.1. The van der Waals surface area contributed by atoms with Crippen LogP contribution in [0.25, 0.3) is 0 Å². The monoisotopic (exact) mass is 329 g/mol. The molecule has 3 nitrogen and oxygen atoms in total. The highest BCUT2D eigenvalue weighted by Crippen LogP contribution is 2.34. The Morgan fingerprint density at radius 2 is 2.00 bits per heavy atom.